The fourth-order valence-electron chi connectivity index (χ4n) is 19.0. The first-order chi connectivity index (χ1) is 31.7. The first-order valence-corrected chi connectivity index (χ1v) is 29.3. The number of hydrogen-bond donors (Lipinski definition) is 5. The predicted octanol–water partition coefficient (Wildman–Crippen LogP) is 10.1. The second-order valence-electron chi connectivity index (χ2n) is 25.7. The average Bonchev–Trinajstić information content (AvgIpc) is 3.81. The molecule has 8 saturated carbocycles. The number of carboxylic acids is 1. The maximum absolute atomic E-state index is 12.5. The number of nitrogens with one attached hydrogen (secondary N) is 1. The third-order valence-electron chi connectivity index (χ3n) is 22.6. The lowest BCUT2D eigenvalue weighted by Gasteiger charge is -2.62. The van der Waals surface area contributed by atoms with Crippen LogP contribution in [0.4, 0.5) is 0 Å². The van der Waals surface area contributed by atoms with Gasteiger partial charge in [0.15, 0.2) is 0 Å². The molecule has 0 aliphatic heterocycles. The number of rotatable bonds is 19. The lowest BCUT2D eigenvalue weighted by atomic mass is 9.43. The summed E-state index contributed by atoms with van der Waals surface area (Å²) in [6.07, 6.45) is 23.3. The van der Waals surface area contributed by atoms with E-state index in [0.29, 0.717) is 77.4 Å². The Labute approximate surface area is 405 Å². The van der Waals surface area contributed by atoms with E-state index in [1.165, 1.54) is 44.9 Å². The molecular formula is C55H93NO10S. The fourth-order valence-corrected chi connectivity index (χ4v) is 19.4. The minimum atomic E-state index is -4.09. The van der Waals surface area contributed by atoms with Gasteiger partial charge in [0.25, 0.3) is 10.1 Å². The zero-order chi connectivity index (χ0) is 48.1. The quantitative estimate of drug-likeness (QED) is 0.0618. The minimum Gasteiger partial charge on any atom is -0.481 e. The summed E-state index contributed by atoms with van der Waals surface area (Å²) in [5, 5.41) is 35.8. The number of hydrogen-bond acceptors (Lipinski definition) is 8. The van der Waals surface area contributed by atoms with E-state index < -0.39 is 21.8 Å². The first-order valence-electron chi connectivity index (χ1n) is 27.7. The van der Waals surface area contributed by atoms with E-state index in [-0.39, 0.29) is 64.9 Å². The lowest BCUT2D eigenvalue weighted by Crippen LogP contribution is -2.58. The molecule has 11 nitrogen and oxygen atoms in total. The number of carbonyl (C=O) groups is 2. The molecule has 5 N–H and O–H groups in total. The number of carboxylic acid groups (broad SMARTS) is 1. The SMILES string of the molecule is C[C@H](CCC(=O)O)[C@H]1CC[C@H]2[C@@H]3[C@@H](O)CC4C[C@H](OCCCCCO[C@@H]5CC[C@@]6(C)C(C5)C[C@H](O)[C@H]5[C@@H]7CC[C@H]([C@H](C)CCC(=O)NCCS(=O)(=O)O)[C@@]7(C)CC[C@@H]56)CC[C@]4(C)[C@H]3CC[C@]12C. The molecule has 0 spiro atoms. The molecule has 8 rings (SSSR count). The molecule has 12 heteroatoms. The zero-order valence-electron chi connectivity index (χ0n) is 42.5. The highest BCUT2D eigenvalue weighted by Crippen LogP contribution is 2.70. The summed E-state index contributed by atoms with van der Waals surface area (Å²) in [6, 6.07) is 0. The number of unbranched alkanes of at least 4 members (excludes halogenated alkanes) is 2. The van der Waals surface area contributed by atoms with Crippen molar-refractivity contribution in [1.82, 2.24) is 5.32 Å². The standard InChI is InChI=1S/C55H93NO10S/c1-34(10-16-48(59)56-26-29-67(62,63)64)40-12-14-42-50-44(20-24-54(40,42)5)52(3)22-18-38(30-36(52)32-46(50)57)65-27-8-7-9-28-66-39-19-23-53(4)37(31-39)33-47(58)51-43-15-13-41(35(2)11-17-49(60)61)55(43,6)25-21-45(51)53/h34-47,50-51,57-58H,7-33H2,1-6H3,(H,56,59)(H,60,61)(H,62,63,64)/t34-,35-,36?,37?,38-,39-,40-,41-,42+,43+,44+,45+,46+,47+,50+,51+,52+,53+,54-,55-/m1/s1. The van der Waals surface area contributed by atoms with E-state index in [0.717, 1.165) is 103 Å². The molecule has 384 valence electrons. The maximum atomic E-state index is 12.5. The molecule has 8 aliphatic carbocycles. The third kappa shape index (κ3) is 10.5. The summed E-state index contributed by atoms with van der Waals surface area (Å²) in [5.74, 6) is 4.41. The number of amides is 1. The van der Waals surface area contributed by atoms with Crippen molar-refractivity contribution in [2.24, 2.45) is 92.7 Å². The fraction of sp³-hybridized carbons (Fsp3) is 0.964. The van der Waals surface area contributed by atoms with Gasteiger partial charge in [-0.25, -0.2) is 0 Å². The summed E-state index contributed by atoms with van der Waals surface area (Å²) in [6.45, 7) is 16.1. The summed E-state index contributed by atoms with van der Waals surface area (Å²) in [5.41, 5.74) is 0.877. The topological polar surface area (TPSA) is 180 Å². The van der Waals surface area contributed by atoms with Gasteiger partial charge in [0.1, 0.15) is 0 Å². The van der Waals surface area contributed by atoms with Crippen LogP contribution >= 0.6 is 0 Å². The summed E-state index contributed by atoms with van der Waals surface area (Å²) in [7, 11) is -4.09. The molecule has 0 saturated heterocycles. The van der Waals surface area contributed by atoms with E-state index >= 15 is 0 Å². The molecular weight excluding hydrogens is 867 g/mol. The van der Waals surface area contributed by atoms with Crippen molar-refractivity contribution >= 4 is 22.0 Å². The Hall–Kier alpha value is -1.31. The second-order valence-corrected chi connectivity index (χ2v) is 27.3. The van der Waals surface area contributed by atoms with E-state index in [2.05, 4.69) is 46.9 Å². The van der Waals surface area contributed by atoms with E-state index in [1.807, 2.05) is 0 Å². The van der Waals surface area contributed by atoms with Crippen LogP contribution in [0.1, 0.15) is 189 Å². The van der Waals surface area contributed by atoms with Gasteiger partial charge in [-0.3, -0.25) is 14.1 Å². The average molecular weight is 960 g/mol. The highest BCUT2D eigenvalue weighted by Gasteiger charge is 2.65. The van der Waals surface area contributed by atoms with Gasteiger partial charge in [0.2, 0.25) is 5.91 Å². The predicted molar refractivity (Wildman–Crippen MR) is 260 cm³/mol. The largest absolute Gasteiger partial charge is 0.481 e. The van der Waals surface area contributed by atoms with Crippen LogP contribution < -0.4 is 5.32 Å². The lowest BCUT2D eigenvalue weighted by molar-refractivity contribution is -0.178. The van der Waals surface area contributed by atoms with Gasteiger partial charge in [-0.2, -0.15) is 8.42 Å². The molecule has 67 heavy (non-hydrogen) atoms. The van der Waals surface area contributed by atoms with E-state index in [4.69, 9.17) is 14.0 Å². The highest BCUT2D eigenvalue weighted by molar-refractivity contribution is 7.85. The number of ether oxygens (including phenoxy) is 2. The van der Waals surface area contributed by atoms with E-state index in [9.17, 15) is 33.3 Å². The normalized spacial score (nSPS) is 45.6. The number of aliphatic hydroxyl groups excluding tert-OH is 2. The van der Waals surface area contributed by atoms with Crippen LogP contribution in [0.3, 0.4) is 0 Å². The van der Waals surface area contributed by atoms with Crippen molar-refractivity contribution in [2.45, 2.75) is 214 Å². The third-order valence-corrected chi connectivity index (χ3v) is 23.3. The smallest absolute Gasteiger partial charge is 0.303 e. The maximum Gasteiger partial charge on any atom is 0.303 e. The van der Waals surface area contributed by atoms with Crippen LogP contribution in [0.2, 0.25) is 0 Å². The number of carbonyl (C=O) groups excluding carboxylic acids is 1. The Balaban J connectivity index is 0.732. The van der Waals surface area contributed by atoms with Gasteiger partial charge in [-0.1, -0.05) is 41.5 Å². The number of fused-ring (bicyclic) bond motifs is 10. The van der Waals surface area contributed by atoms with Gasteiger partial charge < -0.3 is 30.1 Å². The zero-order valence-corrected chi connectivity index (χ0v) is 43.3. The number of aliphatic carboxylic acids is 1. The second kappa shape index (κ2) is 20.7. The molecule has 8 fully saturated rings. The van der Waals surface area contributed by atoms with Crippen LogP contribution in [0.25, 0.3) is 0 Å². The van der Waals surface area contributed by atoms with Crippen molar-refractivity contribution in [1.29, 1.82) is 0 Å². The van der Waals surface area contributed by atoms with E-state index in [1.54, 1.807) is 0 Å². The molecule has 0 heterocycles. The Morgan fingerprint density at radius 2 is 1.04 bits per heavy atom. The molecule has 20 atom stereocenters. The highest BCUT2D eigenvalue weighted by atomic mass is 32.2. The van der Waals surface area contributed by atoms with Crippen molar-refractivity contribution in [3.8, 4) is 0 Å². The molecule has 8 aliphatic rings. The molecule has 0 bridgehead atoms. The van der Waals surface area contributed by atoms with Crippen molar-refractivity contribution < 1.29 is 47.4 Å². The van der Waals surface area contributed by atoms with Gasteiger partial charge in [0.05, 0.1) is 30.2 Å². The molecule has 0 aromatic heterocycles. The number of aliphatic hydroxyl groups is 2. The summed E-state index contributed by atoms with van der Waals surface area (Å²) >= 11 is 0. The Morgan fingerprint density at radius 3 is 1.49 bits per heavy atom. The van der Waals surface area contributed by atoms with Crippen molar-refractivity contribution in [2.75, 3.05) is 25.5 Å². The molecule has 0 aromatic rings. The van der Waals surface area contributed by atoms with Crippen LogP contribution in [0.5, 0.6) is 0 Å². The van der Waals surface area contributed by atoms with Gasteiger partial charge in [-0.05, 0) is 228 Å². The van der Waals surface area contributed by atoms with Gasteiger partial charge in [0, 0.05) is 32.6 Å². The Morgan fingerprint density at radius 1 is 0.612 bits per heavy atom. The van der Waals surface area contributed by atoms with Crippen molar-refractivity contribution in [3.05, 3.63) is 0 Å². The molecule has 1 amide bonds. The summed E-state index contributed by atoms with van der Waals surface area (Å²) in [4.78, 5) is 23.8. The van der Waals surface area contributed by atoms with Crippen molar-refractivity contribution in [3.63, 3.8) is 0 Å². The van der Waals surface area contributed by atoms with Crippen LogP contribution in [0, 0.1) is 92.7 Å². The first kappa shape index (κ1) is 52.0. The Bertz CT molecular complexity index is 1830. The molecule has 0 aromatic carbocycles. The van der Waals surface area contributed by atoms with Crippen LogP contribution in [-0.4, -0.2) is 90.1 Å². The minimum absolute atomic E-state index is 0.0697. The molecule has 0 radical (unpaired) electrons. The van der Waals surface area contributed by atoms with Crippen LogP contribution in [-0.2, 0) is 29.2 Å². The monoisotopic (exact) mass is 960 g/mol. The van der Waals surface area contributed by atoms with Gasteiger partial charge in [-0.15, -0.1) is 0 Å². The van der Waals surface area contributed by atoms with Gasteiger partial charge >= 0.3 is 5.97 Å². The Kier molecular flexibility index (Phi) is 16.0. The van der Waals surface area contributed by atoms with Crippen LogP contribution in [0.15, 0.2) is 0 Å². The molecule has 2 unspecified atom stereocenters. The summed E-state index contributed by atoms with van der Waals surface area (Å²) < 4.78 is 44.3.